The van der Waals surface area contributed by atoms with E-state index in [9.17, 15) is 4.79 Å². The number of carbonyl (C=O) groups is 1. The molecule has 0 unspecified atom stereocenters. The van der Waals surface area contributed by atoms with Gasteiger partial charge in [-0.2, -0.15) is 0 Å². The van der Waals surface area contributed by atoms with Crippen LogP contribution in [0.3, 0.4) is 0 Å². The quantitative estimate of drug-likeness (QED) is 0.324. The zero-order valence-corrected chi connectivity index (χ0v) is 20.8. The number of carbonyl (C=O) groups excluding carboxylic acids is 1. The molecule has 2 aromatic heterocycles. The number of amides is 1. The van der Waals surface area contributed by atoms with E-state index in [1.807, 2.05) is 66.4 Å². The van der Waals surface area contributed by atoms with Crippen molar-refractivity contribution in [3.05, 3.63) is 64.7 Å². The Morgan fingerprint density at radius 3 is 2.55 bits per heavy atom. The van der Waals surface area contributed by atoms with Crippen molar-refractivity contribution in [1.82, 2.24) is 19.7 Å². The van der Waals surface area contributed by atoms with Gasteiger partial charge >= 0.3 is 0 Å². The fourth-order valence-corrected chi connectivity index (χ4v) is 5.12. The van der Waals surface area contributed by atoms with Crippen LogP contribution >= 0.6 is 23.1 Å². The molecule has 7 nitrogen and oxygen atoms in total. The Morgan fingerprint density at radius 1 is 1.12 bits per heavy atom. The summed E-state index contributed by atoms with van der Waals surface area (Å²) in [6.45, 7) is 5.66. The van der Waals surface area contributed by atoms with Crippen LogP contribution in [0.4, 0.5) is 10.8 Å². The second-order valence-corrected chi connectivity index (χ2v) is 9.41. The Hall–Kier alpha value is -3.17. The van der Waals surface area contributed by atoms with Gasteiger partial charge in [0.25, 0.3) is 0 Å². The van der Waals surface area contributed by atoms with Crippen molar-refractivity contribution < 1.29 is 9.53 Å². The Morgan fingerprint density at radius 2 is 1.88 bits per heavy atom. The van der Waals surface area contributed by atoms with E-state index in [1.54, 1.807) is 30.7 Å². The number of rotatable bonds is 7. The van der Waals surface area contributed by atoms with Crippen LogP contribution in [0.5, 0.6) is 5.75 Å². The molecule has 0 aliphatic rings. The topological polar surface area (TPSA) is 73.1 Å². The minimum absolute atomic E-state index is 0.0655. The van der Waals surface area contributed by atoms with Crippen molar-refractivity contribution in [1.29, 1.82) is 0 Å². The fraction of sp³-hybridized carbons (Fsp3) is 0.250. The zero-order valence-electron chi connectivity index (χ0n) is 19.2. The number of hydrogen-bond acceptors (Lipinski definition) is 7. The van der Waals surface area contributed by atoms with Crippen LogP contribution in [0.2, 0.25) is 0 Å². The van der Waals surface area contributed by atoms with Gasteiger partial charge in [0.2, 0.25) is 5.91 Å². The number of thiazole rings is 1. The van der Waals surface area contributed by atoms with Crippen molar-refractivity contribution in [3.8, 4) is 17.1 Å². The molecule has 2 aromatic carbocycles. The molecule has 0 radical (unpaired) electrons. The maximum atomic E-state index is 12.4. The van der Waals surface area contributed by atoms with Gasteiger partial charge in [0.15, 0.2) is 16.1 Å². The molecule has 0 spiro atoms. The van der Waals surface area contributed by atoms with Gasteiger partial charge in [-0.1, -0.05) is 17.8 Å². The third-order valence-corrected chi connectivity index (χ3v) is 7.26. The van der Waals surface area contributed by atoms with Gasteiger partial charge in [-0.05, 0) is 61.4 Å². The smallest absolute Gasteiger partial charge is 0.230 e. The summed E-state index contributed by atoms with van der Waals surface area (Å²) in [5, 5.41) is 12.1. The number of hydrogen-bond donors (Lipinski definition) is 0. The maximum Gasteiger partial charge on any atom is 0.230 e. The number of ether oxygens (including phenoxy) is 1. The van der Waals surface area contributed by atoms with Crippen LogP contribution in [0.1, 0.15) is 23.7 Å². The van der Waals surface area contributed by atoms with Crippen LogP contribution < -0.4 is 9.64 Å². The number of nitrogens with zero attached hydrogens (tertiary/aromatic N) is 5. The zero-order chi connectivity index (χ0) is 23.5. The van der Waals surface area contributed by atoms with Crippen LogP contribution in [0.15, 0.2) is 53.0 Å². The number of methoxy groups -OCH3 is 1. The van der Waals surface area contributed by atoms with Gasteiger partial charge in [0.1, 0.15) is 5.75 Å². The molecule has 170 valence electrons. The average molecular weight is 480 g/mol. The Bertz CT molecular complexity index is 1280. The Balaban J connectivity index is 1.49. The molecule has 0 N–H and O–H groups in total. The molecule has 0 bridgehead atoms. The maximum absolute atomic E-state index is 12.4. The van der Waals surface area contributed by atoms with E-state index >= 15 is 0 Å². The molecule has 0 saturated carbocycles. The van der Waals surface area contributed by atoms with Crippen LogP contribution in [0, 0.1) is 13.8 Å². The van der Waals surface area contributed by atoms with E-state index < -0.39 is 0 Å². The predicted octanol–water partition coefficient (Wildman–Crippen LogP) is 5.54. The van der Waals surface area contributed by atoms with Crippen molar-refractivity contribution in [2.75, 3.05) is 12.0 Å². The summed E-state index contributed by atoms with van der Waals surface area (Å²) >= 11 is 3.02. The molecule has 1 amide bonds. The monoisotopic (exact) mass is 479 g/mol. The highest BCUT2D eigenvalue weighted by Gasteiger charge is 2.19. The van der Waals surface area contributed by atoms with E-state index in [0.717, 1.165) is 39.2 Å². The Kier molecular flexibility index (Phi) is 6.80. The number of aromatic nitrogens is 4. The van der Waals surface area contributed by atoms with Gasteiger partial charge in [-0.15, -0.1) is 21.5 Å². The third kappa shape index (κ3) is 4.94. The lowest BCUT2D eigenvalue weighted by molar-refractivity contribution is -0.115. The molecule has 4 aromatic rings. The highest BCUT2D eigenvalue weighted by molar-refractivity contribution is 7.98. The van der Waals surface area contributed by atoms with E-state index in [0.29, 0.717) is 10.9 Å². The van der Waals surface area contributed by atoms with Crippen molar-refractivity contribution in [2.24, 2.45) is 7.05 Å². The van der Waals surface area contributed by atoms with Crippen LogP contribution in [-0.4, -0.2) is 32.8 Å². The molecule has 0 atom stereocenters. The number of anilines is 2. The van der Waals surface area contributed by atoms with Gasteiger partial charge in [0, 0.05) is 30.7 Å². The van der Waals surface area contributed by atoms with E-state index in [2.05, 4.69) is 17.1 Å². The lowest BCUT2D eigenvalue weighted by Crippen LogP contribution is -2.22. The molecular weight excluding hydrogens is 454 g/mol. The van der Waals surface area contributed by atoms with E-state index in [-0.39, 0.29) is 5.91 Å². The Labute approximate surface area is 201 Å². The number of aryl methyl sites for hydroxylation is 2. The summed E-state index contributed by atoms with van der Waals surface area (Å²) in [7, 11) is 3.60. The molecule has 0 fully saturated rings. The lowest BCUT2D eigenvalue weighted by atomic mass is 10.1. The summed E-state index contributed by atoms with van der Waals surface area (Å²) < 4.78 is 7.19. The molecule has 0 aliphatic carbocycles. The highest BCUT2D eigenvalue weighted by atomic mass is 32.2. The standard InChI is InChI=1S/C24H25N5O2S2/c1-15-6-9-20(12-16(15)2)29(17(3)30)23-25-19(13-32-23)14-33-24-27-26-22(28(24)4)18-7-10-21(31-5)11-8-18/h6-13H,14H2,1-5H3. The highest BCUT2D eigenvalue weighted by Crippen LogP contribution is 2.32. The van der Waals surface area contributed by atoms with Gasteiger partial charge < -0.3 is 9.30 Å². The van der Waals surface area contributed by atoms with Gasteiger partial charge in [0.05, 0.1) is 18.5 Å². The molecule has 33 heavy (non-hydrogen) atoms. The first-order chi connectivity index (χ1) is 15.9. The van der Waals surface area contributed by atoms with Crippen LogP contribution in [-0.2, 0) is 17.6 Å². The van der Waals surface area contributed by atoms with Crippen molar-refractivity contribution in [3.63, 3.8) is 0 Å². The minimum atomic E-state index is -0.0655. The summed E-state index contributed by atoms with van der Waals surface area (Å²) in [6, 6.07) is 13.8. The first-order valence-electron chi connectivity index (χ1n) is 10.4. The summed E-state index contributed by atoms with van der Waals surface area (Å²) in [5.74, 6) is 2.15. The van der Waals surface area contributed by atoms with Crippen molar-refractivity contribution >= 4 is 39.8 Å². The number of thioether (sulfide) groups is 1. The molecule has 0 aliphatic heterocycles. The molecule has 0 saturated heterocycles. The minimum Gasteiger partial charge on any atom is -0.497 e. The van der Waals surface area contributed by atoms with Gasteiger partial charge in [-0.25, -0.2) is 4.98 Å². The lowest BCUT2D eigenvalue weighted by Gasteiger charge is -2.19. The van der Waals surface area contributed by atoms with Gasteiger partial charge in [-0.3, -0.25) is 9.69 Å². The molecule has 2 heterocycles. The largest absolute Gasteiger partial charge is 0.497 e. The van der Waals surface area contributed by atoms with Crippen LogP contribution in [0.25, 0.3) is 11.4 Å². The predicted molar refractivity (Wildman–Crippen MR) is 133 cm³/mol. The fourth-order valence-electron chi connectivity index (χ4n) is 3.33. The average Bonchev–Trinajstić information content (AvgIpc) is 3.41. The third-order valence-electron chi connectivity index (χ3n) is 5.33. The second-order valence-electron chi connectivity index (χ2n) is 7.63. The summed E-state index contributed by atoms with van der Waals surface area (Å²) in [4.78, 5) is 18.8. The molecular formula is C24H25N5O2S2. The normalized spacial score (nSPS) is 10.9. The number of benzene rings is 2. The second kappa shape index (κ2) is 9.76. The first kappa shape index (κ1) is 23.0. The van der Waals surface area contributed by atoms with E-state index in [4.69, 9.17) is 9.72 Å². The molecule has 9 heteroatoms. The van der Waals surface area contributed by atoms with Crippen molar-refractivity contribution in [2.45, 2.75) is 31.7 Å². The SMILES string of the molecule is COc1ccc(-c2nnc(SCc3csc(N(C(C)=O)c4ccc(C)c(C)c4)n3)n2C)cc1. The molecule has 4 rings (SSSR count). The first-order valence-corrected chi connectivity index (χ1v) is 12.2. The summed E-state index contributed by atoms with van der Waals surface area (Å²) in [6.07, 6.45) is 0. The van der Waals surface area contributed by atoms with E-state index in [1.165, 1.54) is 16.9 Å². The summed E-state index contributed by atoms with van der Waals surface area (Å²) in [5.41, 5.74) is 5.02.